The number of anilines is 1. The van der Waals surface area contributed by atoms with E-state index < -0.39 is 26.8 Å². The zero-order valence-corrected chi connectivity index (χ0v) is 28.0. The third-order valence-corrected chi connectivity index (χ3v) is 13.3. The van der Waals surface area contributed by atoms with Crippen molar-refractivity contribution in [1.82, 2.24) is 4.72 Å². The highest BCUT2D eigenvalue weighted by molar-refractivity contribution is 7.90. The number of ether oxygens (including phenoxy) is 2. The van der Waals surface area contributed by atoms with E-state index in [2.05, 4.69) is 27.8 Å². The van der Waals surface area contributed by atoms with Crippen LogP contribution in [0.1, 0.15) is 73.9 Å². The topological polar surface area (TPSA) is 105 Å². The molecule has 1 fully saturated rings. The Hall–Kier alpha value is -2.59. The molecule has 8 nitrogen and oxygen atoms in total. The predicted octanol–water partition coefficient (Wildman–Crippen LogP) is 5.65. The number of carbonyl (C=O) groups is 1. The third kappa shape index (κ3) is 6.01. The van der Waals surface area contributed by atoms with Crippen LogP contribution >= 0.6 is 11.6 Å². The Morgan fingerprint density at radius 1 is 1.18 bits per heavy atom. The molecular weight excluding hydrogens is 612 g/mol. The van der Waals surface area contributed by atoms with Crippen molar-refractivity contribution in [3.63, 3.8) is 0 Å². The summed E-state index contributed by atoms with van der Waals surface area (Å²) in [7, 11) is -2.24. The molecule has 10 heteroatoms. The molecule has 244 valence electrons. The van der Waals surface area contributed by atoms with Gasteiger partial charge in [0, 0.05) is 49.2 Å². The first-order chi connectivity index (χ1) is 21.5. The van der Waals surface area contributed by atoms with Gasteiger partial charge in [0.25, 0.3) is 5.91 Å². The summed E-state index contributed by atoms with van der Waals surface area (Å²) < 4.78 is 41.8. The van der Waals surface area contributed by atoms with E-state index in [1.807, 2.05) is 19.1 Å². The molecule has 1 spiro atoms. The smallest absolute Gasteiger partial charge is 0.264 e. The number of allylic oxidation sites excluding steroid dienone is 1. The number of aliphatic hydroxyl groups excluding tert-OH is 1. The van der Waals surface area contributed by atoms with Crippen LogP contribution in [0.5, 0.6) is 5.75 Å². The number of nitrogens with zero attached hydrogens (tertiary/aromatic N) is 1. The van der Waals surface area contributed by atoms with E-state index >= 15 is 0 Å². The highest BCUT2D eigenvalue weighted by atomic mass is 35.5. The molecule has 1 amide bonds. The van der Waals surface area contributed by atoms with Crippen molar-refractivity contribution in [3.05, 3.63) is 70.3 Å². The van der Waals surface area contributed by atoms with Crippen LogP contribution in [0, 0.1) is 17.8 Å². The van der Waals surface area contributed by atoms with Gasteiger partial charge in [0.15, 0.2) is 0 Å². The van der Waals surface area contributed by atoms with Gasteiger partial charge in [-0.1, -0.05) is 36.7 Å². The van der Waals surface area contributed by atoms with Crippen LogP contribution in [0.15, 0.2) is 48.6 Å². The van der Waals surface area contributed by atoms with Gasteiger partial charge < -0.3 is 19.5 Å². The molecule has 6 rings (SSSR count). The summed E-state index contributed by atoms with van der Waals surface area (Å²) in [4.78, 5) is 15.8. The van der Waals surface area contributed by atoms with E-state index in [-0.39, 0.29) is 35.3 Å². The van der Waals surface area contributed by atoms with E-state index in [9.17, 15) is 18.3 Å². The van der Waals surface area contributed by atoms with E-state index in [0.717, 1.165) is 42.8 Å². The monoisotopic (exact) mass is 656 g/mol. The van der Waals surface area contributed by atoms with E-state index in [1.165, 1.54) is 11.1 Å². The van der Waals surface area contributed by atoms with Crippen LogP contribution < -0.4 is 14.4 Å². The first-order valence-corrected chi connectivity index (χ1v) is 18.1. The molecular formula is C35H45ClN2O6S. The quantitative estimate of drug-likeness (QED) is 0.412. The van der Waals surface area contributed by atoms with Crippen molar-refractivity contribution in [2.24, 2.45) is 17.8 Å². The van der Waals surface area contributed by atoms with Crippen molar-refractivity contribution < 1.29 is 27.8 Å². The van der Waals surface area contributed by atoms with Gasteiger partial charge in [0.1, 0.15) is 5.75 Å². The molecule has 6 atom stereocenters. The Bertz CT molecular complexity index is 1580. The number of amides is 1. The number of nitrogens with one attached hydrogen (secondary N) is 1. The van der Waals surface area contributed by atoms with Crippen molar-refractivity contribution in [2.75, 3.05) is 38.3 Å². The van der Waals surface area contributed by atoms with Crippen molar-refractivity contribution in [2.45, 2.75) is 75.1 Å². The molecule has 0 saturated heterocycles. The zero-order chi connectivity index (χ0) is 32.0. The molecule has 0 aromatic heterocycles. The summed E-state index contributed by atoms with van der Waals surface area (Å²) in [6.45, 7) is 5.39. The van der Waals surface area contributed by atoms with E-state index in [1.54, 1.807) is 32.2 Å². The van der Waals surface area contributed by atoms with Gasteiger partial charge >= 0.3 is 0 Å². The Labute approximate surface area is 272 Å². The Balaban J connectivity index is 1.46. The average Bonchev–Trinajstić information content (AvgIpc) is 3.15. The molecule has 2 aliphatic heterocycles. The van der Waals surface area contributed by atoms with Crippen molar-refractivity contribution in [1.29, 1.82) is 0 Å². The Kier molecular flexibility index (Phi) is 9.02. The van der Waals surface area contributed by atoms with Gasteiger partial charge in [-0.2, -0.15) is 0 Å². The Morgan fingerprint density at radius 2 is 2.00 bits per heavy atom. The molecule has 1 saturated carbocycles. The van der Waals surface area contributed by atoms with Crippen molar-refractivity contribution in [3.8, 4) is 5.75 Å². The molecule has 2 aromatic carbocycles. The molecule has 45 heavy (non-hydrogen) atoms. The average molecular weight is 657 g/mol. The molecule has 4 aliphatic rings. The molecule has 2 heterocycles. The predicted molar refractivity (Wildman–Crippen MR) is 177 cm³/mol. The fourth-order valence-electron chi connectivity index (χ4n) is 8.12. The van der Waals surface area contributed by atoms with Gasteiger partial charge in [-0.05, 0) is 105 Å². The summed E-state index contributed by atoms with van der Waals surface area (Å²) in [5.74, 6) is 0.238. The minimum absolute atomic E-state index is 0.0139. The first kappa shape index (κ1) is 32.4. The first-order valence-electron chi connectivity index (χ1n) is 16.2. The number of hydrogen-bond acceptors (Lipinski definition) is 7. The summed E-state index contributed by atoms with van der Waals surface area (Å²) in [6.07, 6.45) is 9.94. The van der Waals surface area contributed by atoms with Gasteiger partial charge in [0.05, 0.1) is 23.1 Å². The number of rotatable bonds is 3. The number of carbonyl (C=O) groups excluding carboxylic acids is 1. The molecule has 2 aliphatic carbocycles. The van der Waals surface area contributed by atoms with Crippen LogP contribution in [-0.2, 0) is 26.6 Å². The number of halogens is 1. The number of aryl methyl sites for hydroxylation is 1. The third-order valence-electron chi connectivity index (χ3n) is 11.1. The second kappa shape index (κ2) is 12.5. The maximum absolute atomic E-state index is 13.4. The van der Waals surface area contributed by atoms with Crippen LogP contribution in [0.2, 0.25) is 5.02 Å². The number of benzene rings is 2. The highest BCUT2D eigenvalue weighted by Crippen LogP contribution is 2.49. The molecule has 0 radical (unpaired) electrons. The second-order valence-corrected chi connectivity index (χ2v) is 16.1. The summed E-state index contributed by atoms with van der Waals surface area (Å²) in [5, 5.41) is 10.1. The highest BCUT2D eigenvalue weighted by Gasteiger charge is 2.49. The standard InChI is InChI=1S/C35H45ClN2O6S/c1-23-6-4-15-35(43-3,16-17-39)30-11-8-27(30)20-38-21-34(14-5-7-25-18-28(36)10-12-29(25)34)22-44-32-13-9-26(19-31(32)38)33(40)37-45(41,42)24(23)2/h4,9-10,12-13,15,18-19,23-24,27,30,39H,5-8,11,14,16-17,20-22H2,1-3H3,(H,37,40)/b15-4+/t23-,24+,27-,30+,34-,35+/m0/s1. The lowest BCUT2D eigenvalue weighted by Gasteiger charge is -2.50. The maximum Gasteiger partial charge on any atom is 0.264 e. The number of methoxy groups -OCH3 is 1. The summed E-state index contributed by atoms with van der Waals surface area (Å²) in [5.41, 5.74) is 2.63. The number of hydrogen-bond donors (Lipinski definition) is 2. The molecule has 0 unspecified atom stereocenters. The largest absolute Gasteiger partial charge is 0.490 e. The molecule has 2 N–H and O–H groups in total. The van der Waals surface area contributed by atoms with Gasteiger partial charge in [-0.3, -0.25) is 4.79 Å². The van der Waals surface area contributed by atoms with Gasteiger partial charge in [-0.15, -0.1) is 0 Å². The van der Waals surface area contributed by atoms with Crippen LogP contribution in [0.3, 0.4) is 0 Å². The SMILES string of the molecule is CO[C@@]1(CCO)/C=C/C[C@H](C)[C@@H](C)S(=O)(=O)NC(=O)c2ccc3c(c2)N(C[C@@H]2CC[C@H]21)C[C@@]1(CCCc2cc(Cl)ccc21)CO3. The van der Waals surface area contributed by atoms with Crippen LogP contribution in [0.25, 0.3) is 0 Å². The number of aliphatic hydroxyl groups is 1. The maximum atomic E-state index is 13.4. The second-order valence-electron chi connectivity index (χ2n) is 13.7. The lowest BCUT2D eigenvalue weighted by atomic mass is 9.63. The normalized spacial score (nSPS) is 33.5. The van der Waals surface area contributed by atoms with Gasteiger partial charge in [0.2, 0.25) is 10.0 Å². The minimum Gasteiger partial charge on any atom is -0.490 e. The van der Waals surface area contributed by atoms with E-state index in [4.69, 9.17) is 21.1 Å². The van der Waals surface area contributed by atoms with E-state index in [0.29, 0.717) is 38.3 Å². The number of sulfonamides is 1. The minimum atomic E-state index is -3.95. The van der Waals surface area contributed by atoms with Gasteiger partial charge in [-0.25, -0.2) is 13.1 Å². The fraction of sp³-hybridized carbons (Fsp3) is 0.571. The molecule has 2 bridgehead atoms. The van der Waals surface area contributed by atoms with Crippen LogP contribution in [0.4, 0.5) is 5.69 Å². The summed E-state index contributed by atoms with van der Waals surface area (Å²) >= 11 is 6.42. The van der Waals surface area contributed by atoms with Crippen LogP contribution in [-0.4, -0.2) is 63.7 Å². The van der Waals surface area contributed by atoms with Crippen molar-refractivity contribution >= 4 is 33.2 Å². The lowest BCUT2D eigenvalue weighted by Crippen LogP contribution is -2.53. The lowest BCUT2D eigenvalue weighted by molar-refractivity contribution is -0.0864. The molecule has 2 aromatic rings. The fourth-order valence-corrected chi connectivity index (χ4v) is 9.60. The summed E-state index contributed by atoms with van der Waals surface area (Å²) in [6, 6.07) is 11.4. The Morgan fingerprint density at radius 3 is 2.73 bits per heavy atom. The number of fused-ring (bicyclic) bond motifs is 4. The zero-order valence-electron chi connectivity index (χ0n) is 26.4.